The first-order valence-electron chi connectivity index (χ1n) is 10.2. The molecule has 0 N–H and O–H groups in total. The summed E-state index contributed by atoms with van der Waals surface area (Å²) in [5.41, 5.74) is 3.92. The zero-order chi connectivity index (χ0) is 20.4. The van der Waals surface area contributed by atoms with Gasteiger partial charge in [-0.15, -0.1) is 0 Å². The lowest BCUT2D eigenvalue weighted by Crippen LogP contribution is -2.59. The van der Waals surface area contributed by atoms with Gasteiger partial charge in [0.1, 0.15) is 6.61 Å². The van der Waals surface area contributed by atoms with E-state index in [1.165, 1.54) is 0 Å². The van der Waals surface area contributed by atoms with Crippen LogP contribution in [0.5, 0.6) is 0 Å². The van der Waals surface area contributed by atoms with Crippen LogP contribution in [0.25, 0.3) is 0 Å². The molecule has 0 aliphatic carbocycles. The van der Waals surface area contributed by atoms with Crippen LogP contribution in [-0.2, 0) is 16.1 Å². The zero-order valence-electron chi connectivity index (χ0n) is 17.0. The molecule has 2 unspecified atom stereocenters. The van der Waals surface area contributed by atoms with Crippen LogP contribution in [0.4, 0.5) is 4.79 Å². The molecule has 2 heterocycles. The summed E-state index contributed by atoms with van der Waals surface area (Å²) in [4.78, 5) is 27.7. The number of amides is 1. The number of hydrogen-bond acceptors (Lipinski definition) is 4. The van der Waals surface area contributed by atoms with Gasteiger partial charge in [-0.1, -0.05) is 47.5 Å². The van der Waals surface area contributed by atoms with Gasteiger partial charge in [0.25, 0.3) is 0 Å². The second-order valence-electron chi connectivity index (χ2n) is 8.20. The third kappa shape index (κ3) is 4.35. The SMILES string of the molecule is Cc1cc(C)cc(C(=O)C2CC3COCC(C2)N3C(=O)OCc2ccccc2)c1. The summed E-state index contributed by atoms with van der Waals surface area (Å²) >= 11 is 0. The van der Waals surface area contributed by atoms with E-state index in [0.717, 1.165) is 22.3 Å². The average molecular weight is 393 g/mol. The first kappa shape index (κ1) is 19.6. The maximum absolute atomic E-state index is 13.1. The van der Waals surface area contributed by atoms with Gasteiger partial charge in [0.05, 0.1) is 25.3 Å². The summed E-state index contributed by atoms with van der Waals surface area (Å²) < 4.78 is 11.3. The molecule has 2 aromatic rings. The Labute approximate surface area is 171 Å². The number of nitrogens with zero attached hydrogens (tertiary/aromatic N) is 1. The summed E-state index contributed by atoms with van der Waals surface area (Å²) in [6.07, 6.45) is 0.912. The van der Waals surface area contributed by atoms with Gasteiger partial charge in [-0.3, -0.25) is 9.69 Å². The fourth-order valence-electron chi connectivity index (χ4n) is 4.57. The van der Waals surface area contributed by atoms with Crippen LogP contribution in [0.15, 0.2) is 48.5 Å². The van der Waals surface area contributed by atoms with Crippen LogP contribution in [0.2, 0.25) is 0 Å². The van der Waals surface area contributed by atoms with E-state index in [4.69, 9.17) is 9.47 Å². The van der Waals surface area contributed by atoms with Crippen LogP contribution >= 0.6 is 0 Å². The molecule has 0 radical (unpaired) electrons. The molecule has 29 heavy (non-hydrogen) atoms. The van der Waals surface area contributed by atoms with E-state index in [0.29, 0.717) is 26.1 Å². The van der Waals surface area contributed by atoms with E-state index in [-0.39, 0.29) is 36.5 Å². The highest BCUT2D eigenvalue weighted by atomic mass is 16.6. The molecule has 2 aliphatic heterocycles. The zero-order valence-corrected chi connectivity index (χ0v) is 17.0. The molecule has 5 heteroatoms. The second-order valence-corrected chi connectivity index (χ2v) is 8.20. The van der Waals surface area contributed by atoms with Crippen molar-refractivity contribution in [3.63, 3.8) is 0 Å². The van der Waals surface area contributed by atoms with Crippen molar-refractivity contribution in [1.29, 1.82) is 0 Å². The molecule has 2 atom stereocenters. The molecule has 2 saturated heterocycles. The van der Waals surface area contributed by atoms with Crippen molar-refractivity contribution in [2.45, 2.75) is 45.4 Å². The Morgan fingerprint density at radius 1 is 1.00 bits per heavy atom. The highest BCUT2D eigenvalue weighted by molar-refractivity contribution is 5.98. The van der Waals surface area contributed by atoms with E-state index in [9.17, 15) is 9.59 Å². The lowest BCUT2D eigenvalue weighted by Gasteiger charge is -2.47. The van der Waals surface area contributed by atoms with Crippen molar-refractivity contribution in [2.24, 2.45) is 5.92 Å². The van der Waals surface area contributed by atoms with Gasteiger partial charge in [0.15, 0.2) is 5.78 Å². The van der Waals surface area contributed by atoms with E-state index >= 15 is 0 Å². The van der Waals surface area contributed by atoms with Gasteiger partial charge in [-0.05, 0) is 44.4 Å². The monoisotopic (exact) mass is 393 g/mol. The molecule has 2 aliphatic rings. The predicted molar refractivity (Wildman–Crippen MR) is 110 cm³/mol. The number of morpholine rings is 1. The number of hydrogen-bond donors (Lipinski definition) is 0. The highest BCUT2D eigenvalue weighted by Crippen LogP contribution is 2.34. The van der Waals surface area contributed by atoms with Crippen LogP contribution in [0.3, 0.4) is 0 Å². The van der Waals surface area contributed by atoms with Crippen LogP contribution in [0, 0.1) is 19.8 Å². The van der Waals surface area contributed by atoms with E-state index < -0.39 is 0 Å². The quantitative estimate of drug-likeness (QED) is 0.727. The molecule has 0 spiro atoms. The molecule has 2 fully saturated rings. The molecule has 2 aromatic carbocycles. The summed E-state index contributed by atoms with van der Waals surface area (Å²) in [5.74, 6) is 0.0827. The smallest absolute Gasteiger partial charge is 0.410 e. The minimum absolute atomic E-state index is 0.0896. The summed E-state index contributed by atoms with van der Waals surface area (Å²) in [6, 6.07) is 15.4. The van der Waals surface area contributed by atoms with E-state index in [1.807, 2.05) is 56.3 Å². The third-order valence-electron chi connectivity index (χ3n) is 5.81. The van der Waals surface area contributed by atoms with Crippen molar-refractivity contribution in [2.75, 3.05) is 13.2 Å². The number of fused-ring (bicyclic) bond motifs is 2. The fourth-order valence-corrected chi connectivity index (χ4v) is 4.57. The molecular weight excluding hydrogens is 366 g/mol. The predicted octanol–water partition coefficient (Wildman–Crippen LogP) is 4.30. The van der Waals surface area contributed by atoms with Crippen molar-refractivity contribution >= 4 is 11.9 Å². The molecule has 2 bridgehead atoms. The number of ether oxygens (including phenoxy) is 2. The normalized spacial score (nSPS) is 23.5. The lowest BCUT2D eigenvalue weighted by molar-refractivity contribution is -0.0755. The number of carbonyl (C=O) groups excluding carboxylic acids is 2. The number of rotatable bonds is 4. The Hall–Kier alpha value is -2.66. The Bertz CT molecular complexity index is 861. The van der Waals surface area contributed by atoms with Gasteiger partial charge in [0.2, 0.25) is 0 Å². The molecule has 4 rings (SSSR count). The summed E-state index contributed by atoms with van der Waals surface area (Å²) in [6.45, 7) is 5.18. The first-order valence-corrected chi connectivity index (χ1v) is 10.2. The molecule has 0 saturated carbocycles. The highest BCUT2D eigenvalue weighted by Gasteiger charge is 2.44. The first-order chi connectivity index (χ1) is 14.0. The molecule has 0 aromatic heterocycles. The van der Waals surface area contributed by atoms with Crippen LogP contribution in [0.1, 0.15) is 39.9 Å². The summed E-state index contributed by atoms with van der Waals surface area (Å²) in [5, 5.41) is 0. The summed E-state index contributed by atoms with van der Waals surface area (Å²) in [7, 11) is 0. The van der Waals surface area contributed by atoms with Gasteiger partial charge in [0, 0.05) is 11.5 Å². The largest absolute Gasteiger partial charge is 0.445 e. The lowest BCUT2D eigenvalue weighted by atomic mass is 9.80. The number of ketones is 1. The Morgan fingerprint density at radius 3 is 2.24 bits per heavy atom. The van der Waals surface area contributed by atoms with Crippen molar-refractivity contribution in [3.8, 4) is 0 Å². The van der Waals surface area contributed by atoms with E-state index in [1.54, 1.807) is 4.90 Å². The van der Waals surface area contributed by atoms with Crippen LogP contribution in [-0.4, -0.2) is 42.1 Å². The standard InChI is InChI=1S/C24H27NO4/c1-16-8-17(2)10-19(9-16)23(26)20-11-21-14-28-15-22(12-20)25(21)24(27)29-13-18-6-4-3-5-7-18/h3-10,20-22H,11-15H2,1-2H3. The Kier molecular flexibility index (Phi) is 5.67. The van der Waals surface area contributed by atoms with Crippen LogP contribution < -0.4 is 0 Å². The third-order valence-corrected chi connectivity index (χ3v) is 5.81. The number of aryl methyl sites for hydroxylation is 2. The van der Waals surface area contributed by atoms with Gasteiger partial charge >= 0.3 is 6.09 Å². The van der Waals surface area contributed by atoms with E-state index in [2.05, 4.69) is 6.07 Å². The van der Waals surface area contributed by atoms with Crippen molar-refractivity contribution < 1.29 is 19.1 Å². The molecule has 5 nitrogen and oxygen atoms in total. The number of benzene rings is 2. The maximum atomic E-state index is 13.1. The van der Waals surface area contributed by atoms with Crippen molar-refractivity contribution in [3.05, 3.63) is 70.8 Å². The van der Waals surface area contributed by atoms with Gasteiger partial charge in [-0.2, -0.15) is 0 Å². The topological polar surface area (TPSA) is 55.8 Å². The second kappa shape index (κ2) is 8.37. The van der Waals surface area contributed by atoms with Crippen molar-refractivity contribution in [1.82, 2.24) is 4.90 Å². The Balaban J connectivity index is 1.44. The molecule has 152 valence electrons. The number of carbonyl (C=O) groups is 2. The number of piperidine rings is 1. The Morgan fingerprint density at radius 2 is 1.62 bits per heavy atom. The molecular formula is C24H27NO4. The van der Waals surface area contributed by atoms with Gasteiger partial charge in [-0.25, -0.2) is 4.79 Å². The maximum Gasteiger partial charge on any atom is 0.410 e. The fraction of sp³-hybridized carbons (Fsp3) is 0.417. The number of Topliss-reactive ketones (excluding diaryl/α,β-unsaturated/α-hetero) is 1. The van der Waals surface area contributed by atoms with Gasteiger partial charge < -0.3 is 9.47 Å². The average Bonchev–Trinajstić information content (AvgIpc) is 2.70. The molecule has 1 amide bonds. The minimum atomic E-state index is -0.315. The minimum Gasteiger partial charge on any atom is -0.445 e.